The first-order chi connectivity index (χ1) is 18.8. The number of nitrogens with zero attached hydrogens (tertiary/aromatic N) is 1. The highest BCUT2D eigenvalue weighted by Gasteiger charge is 2.26. The molecular weight excluding hydrogens is 494 g/mol. The van der Waals surface area contributed by atoms with E-state index in [1.54, 1.807) is 0 Å². The molecule has 39 heavy (non-hydrogen) atoms. The zero-order chi connectivity index (χ0) is 29.0. The van der Waals surface area contributed by atoms with Gasteiger partial charge >= 0.3 is 11.9 Å². The standard InChI is InChI=1S/C32H59NO6/c1-2-3-4-5-6-7-8-9-10-11-12-13-14-15-19-26-33(27-20-16-23-30(34)35,28-21-17-24-31(36)37)29-22-18-25-32(38)39/h11-12H,2-10,13-29H2,1H3,(H2-,34,35,36,37,38,39)/b12-11+. The lowest BCUT2D eigenvalue weighted by Gasteiger charge is -2.39. The van der Waals surface area contributed by atoms with Crippen molar-refractivity contribution < 1.29 is 34.2 Å². The van der Waals surface area contributed by atoms with Crippen LogP contribution in [0.25, 0.3) is 0 Å². The van der Waals surface area contributed by atoms with Crippen molar-refractivity contribution in [1.29, 1.82) is 0 Å². The van der Waals surface area contributed by atoms with E-state index in [9.17, 15) is 19.5 Å². The molecule has 2 N–H and O–H groups in total. The Bertz CT molecular complexity index is 594. The molecule has 0 aromatic heterocycles. The maximum atomic E-state index is 11.0. The van der Waals surface area contributed by atoms with Gasteiger partial charge in [0, 0.05) is 18.8 Å². The fraction of sp³-hybridized carbons (Fsp3) is 0.844. The summed E-state index contributed by atoms with van der Waals surface area (Å²) >= 11 is 0. The molecule has 0 rings (SSSR count). The van der Waals surface area contributed by atoms with Crippen molar-refractivity contribution in [1.82, 2.24) is 0 Å². The minimum absolute atomic E-state index is 0.0589. The minimum Gasteiger partial charge on any atom is -0.550 e. The summed E-state index contributed by atoms with van der Waals surface area (Å²) in [6, 6.07) is 0. The molecule has 7 heteroatoms. The molecule has 0 aliphatic heterocycles. The summed E-state index contributed by atoms with van der Waals surface area (Å²) in [5, 5.41) is 28.9. The second-order valence-corrected chi connectivity index (χ2v) is 11.4. The molecule has 228 valence electrons. The average Bonchev–Trinajstić information content (AvgIpc) is 2.89. The number of hydrogen-bond acceptors (Lipinski definition) is 4. The Morgan fingerprint density at radius 3 is 1.31 bits per heavy atom. The molecule has 0 aliphatic carbocycles. The maximum absolute atomic E-state index is 11.0. The Balaban J connectivity index is 4.55. The topological polar surface area (TPSA) is 115 Å². The van der Waals surface area contributed by atoms with Gasteiger partial charge in [0.05, 0.1) is 26.2 Å². The van der Waals surface area contributed by atoms with Gasteiger partial charge in [0.15, 0.2) is 0 Å². The van der Waals surface area contributed by atoms with Gasteiger partial charge in [-0.3, -0.25) is 9.59 Å². The third-order valence-electron chi connectivity index (χ3n) is 7.70. The van der Waals surface area contributed by atoms with Crippen molar-refractivity contribution in [3.05, 3.63) is 12.2 Å². The van der Waals surface area contributed by atoms with Crippen LogP contribution >= 0.6 is 0 Å². The van der Waals surface area contributed by atoms with Crippen molar-refractivity contribution >= 4 is 17.9 Å². The van der Waals surface area contributed by atoms with Gasteiger partial charge in [-0.15, -0.1) is 0 Å². The Kier molecular flexibility index (Phi) is 25.1. The number of allylic oxidation sites excluding steroid dienone is 2. The van der Waals surface area contributed by atoms with Crippen molar-refractivity contribution in [2.75, 3.05) is 26.2 Å². The number of unbranched alkanes of at least 4 members (excludes halogenated alkanes) is 14. The van der Waals surface area contributed by atoms with E-state index in [2.05, 4.69) is 19.1 Å². The van der Waals surface area contributed by atoms with Gasteiger partial charge in [-0.05, 0) is 83.5 Å². The van der Waals surface area contributed by atoms with E-state index < -0.39 is 17.9 Å². The number of quaternary nitrogens is 1. The Labute approximate surface area is 238 Å². The van der Waals surface area contributed by atoms with E-state index in [-0.39, 0.29) is 19.3 Å². The highest BCUT2D eigenvalue weighted by molar-refractivity contribution is 5.66. The molecular formula is C32H59NO6. The van der Waals surface area contributed by atoms with Gasteiger partial charge in [0.1, 0.15) is 0 Å². The monoisotopic (exact) mass is 553 g/mol. The maximum Gasteiger partial charge on any atom is 0.303 e. The van der Waals surface area contributed by atoms with Crippen LogP contribution in [0.15, 0.2) is 12.2 Å². The zero-order valence-electron chi connectivity index (χ0n) is 25.0. The van der Waals surface area contributed by atoms with Crippen LogP contribution < -0.4 is 5.11 Å². The molecule has 7 nitrogen and oxygen atoms in total. The molecule has 0 amide bonds. The molecule has 0 saturated heterocycles. The molecule has 0 radical (unpaired) electrons. The minimum atomic E-state index is -1.02. The molecule has 0 spiro atoms. The number of rotatable bonds is 30. The normalized spacial score (nSPS) is 11.8. The Morgan fingerprint density at radius 2 is 0.897 bits per heavy atom. The lowest BCUT2D eigenvalue weighted by Crippen LogP contribution is -2.51. The summed E-state index contributed by atoms with van der Waals surface area (Å²) < 4.78 is 0.834. The fourth-order valence-corrected chi connectivity index (χ4v) is 5.35. The van der Waals surface area contributed by atoms with Crippen LogP contribution in [-0.4, -0.2) is 58.8 Å². The van der Waals surface area contributed by atoms with Crippen LogP contribution in [0, 0.1) is 0 Å². The second-order valence-electron chi connectivity index (χ2n) is 11.4. The third-order valence-corrected chi connectivity index (χ3v) is 7.70. The molecule has 0 unspecified atom stereocenters. The summed E-state index contributed by atoms with van der Waals surface area (Å²) in [7, 11) is 0. The highest BCUT2D eigenvalue weighted by atomic mass is 16.4. The lowest BCUT2D eigenvalue weighted by molar-refractivity contribution is -0.929. The van der Waals surface area contributed by atoms with E-state index >= 15 is 0 Å². The zero-order valence-corrected chi connectivity index (χ0v) is 25.0. The number of carbonyl (C=O) groups excluding carboxylic acids is 1. The third kappa shape index (κ3) is 26.1. The average molecular weight is 554 g/mol. The van der Waals surface area contributed by atoms with Crippen LogP contribution in [0.1, 0.15) is 148 Å². The number of carboxylic acid groups (broad SMARTS) is 3. The molecule has 0 heterocycles. The quantitative estimate of drug-likeness (QED) is 0.0569. The van der Waals surface area contributed by atoms with Crippen LogP contribution in [0.2, 0.25) is 0 Å². The fourth-order valence-electron chi connectivity index (χ4n) is 5.35. The molecule has 0 fully saturated rings. The van der Waals surface area contributed by atoms with Gasteiger partial charge < -0.3 is 24.6 Å². The van der Waals surface area contributed by atoms with Crippen LogP contribution in [0.5, 0.6) is 0 Å². The first kappa shape index (κ1) is 37.1. The van der Waals surface area contributed by atoms with Crippen molar-refractivity contribution in [3.63, 3.8) is 0 Å². The predicted molar refractivity (Wildman–Crippen MR) is 156 cm³/mol. The van der Waals surface area contributed by atoms with Gasteiger partial charge in [0.2, 0.25) is 0 Å². The molecule has 0 aromatic carbocycles. The number of hydrogen-bond donors (Lipinski definition) is 2. The summed E-state index contributed by atoms with van der Waals surface area (Å²) in [6.45, 7) is 5.82. The van der Waals surface area contributed by atoms with Gasteiger partial charge in [-0.25, -0.2) is 0 Å². The molecule has 0 aromatic rings. The van der Waals surface area contributed by atoms with Crippen LogP contribution in [-0.2, 0) is 14.4 Å². The van der Waals surface area contributed by atoms with Crippen molar-refractivity contribution in [2.24, 2.45) is 0 Å². The smallest absolute Gasteiger partial charge is 0.303 e. The summed E-state index contributed by atoms with van der Waals surface area (Å²) in [5.74, 6) is -2.58. The molecule has 0 bridgehead atoms. The lowest BCUT2D eigenvalue weighted by atomic mass is 10.1. The largest absolute Gasteiger partial charge is 0.550 e. The molecule has 0 atom stereocenters. The van der Waals surface area contributed by atoms with E-state index in [1.807, 2.05) is 0 Å². The number of carboxylic acids is 3. The Hall–Kier alpha value is -1.89. The van der Waals surface area contributed by atoms with E-state index in [0.29, 0.717) is 19.3 Å². The van der Waals surface area contributed by atoms with Gasteiger partial charge in [0.25, 0.3) is 0 Å². The van der Waals surface area contributed by atoms with Gasteiger partial charge in [-0.1, -0.05) is 64.0 Å². The van der Waals surface area contributed by atoms with Gasteiger partial charge in [-0.2, -0.15) is 0 Å². The number of aliphatic carboxylic acids is 3. The van der Waals surface area contributed by atoms with Crippen molar-refractivity contribution in [2.45, 2.75) is 148 Å². The first-order valence-electron chi connectivity index (χ1n) is 15.9. The van der Waals surface area contributed by atoms with E-state index in [1.165, 1.54) is 57.8 Å². The Morgan fingerprint density at radius 1 is 0.538 bits per heavy atom. The van der Waals surface area contributed by atoms with E-state index in [4.69, 9.17) is 10.2 Å². The van der Waals surface area contributed by atoms with Crippen molar-refractivity contribution in [3.8, 4) is 0 Å². The molecule has 0 saturated carbocycles. The molecule has 0 aliphatic rings. The SMILES string of the molecule is CCCCCCCCCC/C=C/CCCCC[N+](CCCCC(=O)[O-])(CCCCC(=O)O)CCCCC(=O)O. The second kappa shape index (κ2) is 26.3. The number of carbonyl (C=O) groups is 3. The highest BCUT2D eigenvalue weighted by Crippen LogP contribution is 2.19. The summed E-state index contributed by atoms with van der Waals surface area (Å²) in [5.41, 5.74) is 0. The summed E-state index contributed by atoms with van der Waals surface area (Å²) in [6.07, 6.45) is 25.7. The van der Waals surface area contributed by atoms with Crippen LogP contribution in [0.4, 0.5) is 0 Å². The predicted octanol–water partition coefficient (Wildman–Crippen LogP) is 6.88. The summed E-state index contributed by atoms with van der Waals surface area (Å²) in [4.78, 5) is 32.8. The van der Waals surface area contributed by atoms with E-state index in [0.717, 1.165) is 75.6 Å². The first-order valence-corrected chi connectivity index (χ1v) is 15.9. The van der Waals surface area contributed by atoms with Crippen LogP contribution in [0.3, 0.4) is 0 Å².